The van der Waals surface area contributed by atoms with Gasteiger partial charge in [0.1, 0.15) is 11.2 Å². The number of nitrogens with one attached hydrogen (secondary N) is 2. The summed E-state index contributed by atoms with van der Waals surface area (Å²) >= 11 is 0. The van der Waals surface area contributed by atoms with Gasteiger partial charge in [-0.25, -0.2) is 18.1 Å². The Balaban J connectivity index is 2.18. The lowest BCUT2D eigenvalue weighted by molar-refractivity contribution is 0.578. The maximum atomic E-state index is 12.3. The predicted octanol–water partition coefficient (Wildman–Crippen LogP) is 0.120. The number of anilines is 1. The van der Waals surface area contributed by atoms with E-state index in [0.717, 1.165) is 0 Å². The third-order valence-electron chi connectivity index (χ3n) is 2.51. The quantitative estimate of drug-likeness (QED) is 0.785. The fourth-order valence-electron chi connectivity index (χ4n) is 1.63. The minimum Gasteiger partial charge on any atom is -0.384 e. The highest BCUT2D eigenvalue weighted by Crippen LogP contribution is 2.19. The van der Waals surface area contributed by atoms with Gasteiger partial charge in [0.05, 0.1) is 12.2 Å². The summed E-state index contributed by atoms with van der Waals surface area (Å²) in [6.07, 6.45) is 4.36. The van der Waals surface area contributed by atoms with Gasteiger partial charge in [0.25, 0.3) is 0 Å². The molecule has 2 rings (SSSR count). The summed E-state index contributed by atoms with van der Waals surface area (Å²) in [5.74, 6) is 0.407. The second-order valence-electron chi connectivity index (χ2n) is 4.06. The van der Waals surface area contributed by atoms with Gasteiger partial charge in [-0.1, -0.05) is 0 Å². The van der Waals surface area contributed by atoms with Crippen molar-refractivity contribution >= 4 is 15.7 Å². The summed E-state index contributed by atoms with van der Waals surface area (Å²) < 4.78 is 28.5. The Kier molecular flexibility index (Phi) is 4.30. The van der Waals surface area contributed by atoms with Crippen LogP contribution in [0.5, 0.6) is 0 Å². The smallest absolute Gasteiger partial charge is 0.244 e. The van der Waals surface area contributed by atoms with Gasteiger partial charge in [-0.2, -0.15) is 5.10 Å². The van der Waals surface area contributed by atoms with Crippen molar-refractivity contribution in [2.24, 2.45) is 7.05 Å². The Morgan fingerprint density at radius 1 is 1.40 bits per heavy atom. The highest BCUT2D eigenvalue weighted by Gasteiger charge is 2.19. The van der Waals surface area contributed by atoms with Crippen molar-refractivity contribution in [3.63, 3.8) is 0 Å². The third-order valence-corrected chi connectivity index (χ3v) is 3.94. The molecule has 0 aromatic carbocycles. The number of aryl methyl sites for hydroxylation is 1. The van der Waals surface area contributed by atoms with Crippen molar-refractivity contribution in [2.75, 3.05) is 11.9 Å². The van der Waals surface area contributed by atoms with Crippen molar-refractivity contribution < 1.29 is 8.42 Å². The van der Waals surface area contributed by atoms with E-state index < -0.39 is 10.0 Å². The van der Waals surface area contributed by atoms with Crippen LogP contribution in [0, 0.1) is 0 Å². The van der Waals surface area contributed by atoms with Crippen LogP contribution in [0.3, 0.4) is 0 Å². The number of sulfonamides is 1. The number of hydrogen-bond acceptors (Lipinski definition) is 6. The van der Waals surface area contributed by atoms with Crippen LogP contribution in [0.4, 0.5) is 5.69 Å². The van der Waals surface area contributed by atoms with Crippen molar-refractivity contribution in [1.29, 1.82) is 0 Å². The highest BCUT2D eigenvalue weighted by molar-refractivity contribution is 7.89. The molecule has 2 heterocycles. The highest BCUT2D eigenvalue weighted by atomic mass is 32.2. The molecule has 2 aromatic rings. The van der Waals surface area contributed by atoms with Crippen LogP contribution >= 0.6 is 0 Å². The summed E-state index contributed by atoms with van der Waals surface area (Å²) in [5.41, 5.74) is 0.518. The molecule has 108 valence electrons. The van der Waals surface area contributed by atoms with Crippen LogP contribution < -0.4 is 10.0 Å². The molecule has 0 bridgehead atoms. The van der Waals surface area contributed by atoms with Crippen LogP contribution in [0.25, 0.3) is 0 Å². The van der Waals surface area contributed by atoms with Crippen molar-refractivity contribution in [3.8, 4) is 0 Å². The van der Waals surface area contributed by atoms with E-state index in [1.807, 2.05) is 6.92 Å². The van der Waals surface area contributed by atoms with Crippen molar-refractivity contribution in [1.82, 2.24) is 24.5 Å². The first-order chi connectivity index (χ1) is 9.53. The molecule has 2 N–H and O–H groups in total. The van der Waals surface area contributed by atoms with Gasteiger partial charge in [-0.3, -0.25) is 9.67 Å². The molecule has 0 amide bonds. The fraction of sp³-hybridized carbons (Fsp3) is 0.364. The Labute approximate surface area is 117 Å². The fourth-order valence-corrected chi connectivity index (χ4v) is 2.74. The summed E-state index contributed by atoms with van der Waals surface area (Å²) in [5, 5.41) is 7.00. The number of pyridine rings is 1. The van der Waals surface area contributed by atoms with E-state index in [9.17, 15) is 8.42 Å². The molecule has 0 aliphatic rings. The zero-order chi connectivity index (χ0) is 14.6. The molecule has 2 aromatic heterocycles. The van der Waals surface area contributed by atoms with Crippen molar-refractivity contribution in [3.05, 3.63) is 30.6 Å². The van der Waals surface area contributed by atoms with Crippen LogP contribution in [0.15, 0.2) is 29.7 Å². The van der Waals surface area contributed by atoms with Crippen LogP contribution in [0.2, 0.25) is 0 Å². The topological polar surface area (TPSA) is 102 Å². The van der Waals surface area contributed by atoms with Gasteiger partial charge < -0.3 is 5.32 Å². The largest absolute Gasteiger partial charge is 0.384 e. The van der Waals surface area contributed by atoms with E-state index in [1.165, 1.54) is 23.4 Å². The molecule has 0 saturated carbocycles. The molecule has 0 spiro atoms. The van der Waals surface area contributed by atoms with Gasteiger partial charge in [0.2, 0.25) is 10.0 Å². The molecule has 0 aliphatic carbocycles. The molecule has 20 heavy (non-hydrogen) atoms. The third kappa shape index (κ3) is 3.31. The summed E-state index contributed by atoms with van der Waals surface area (Å²) in [6, 6.07) is 1.62. The first kappa shape index (κ1) is 14.4. The Morgan fingerprint density at radius 3 is 2.85 bits per heavy atom. The van der Waals surface area contributed by atoms with E-state index in [1.54, 1.807) is 13.1 Å². The molecular formula is C11H16N6O2S. The average Bonchev–Trinajstić information content (AvgIpc) is 2.83. The molecule has 0 aliphatic heterocycles. The van der Waals surface area contributed by atoms with E-state index in [4.69, 9.17) is 0 Å². The van der Waals surface area contributed by atoms with Gasteiger partial charge in [-0.15, -0.1) is 0 Å². The molecule has 9 heteroatoms. The van der Waals surface area contributed by atoms with Crippen LogP contribution in [-0.2, 0) is 23.6 Å². The molecule has 0 radical (unpaired) electrons. The second kappa shape index (κ2) is 5.97. The minimum absolute atomic E-state index is 0.0314. The predicted molar refractivity (Wildman–Crippen MR) is 73.4 cm³/mol. The normalized spacial score (nSPS) is 11.5. The lowest BCUT2D eigenvalue weighted by Crippen LogP contribution is -2.25. The van der Waals surface area contributed by atoms with E-state index in [0.29, 0.717) is 18.1 Å². The maximum absolute atomic E-state index is 12.3. The van der Waals surface area contributed by atoms with Gasteiger partial charge in [0.15, 0.2) is 5.82 Å². The Hall–Kier alpha value is -2.00. The number of nitrogens with zero attached hydrogens (tertiary/aromatic N) is 4. The van der Waals surface area contributed by atoms with Crippen LogP contribution in [0.1, 0.15) is 12.7 Å². The SMILES string of the molecule is CCNc1ccncc1S(=O)(=O)NCc1ncn(C)n1. The van der Waals surface area contributed by atoms with Gasteiger partial charge >= 0.3 is 0 Å². The average molecular weight is 296 g/mol. The van der Waals surface area contributed by atoms with Crippen LogP contribution in [-0.4, -0.2) is 34.7 Å². The molecule has 0 atom stereocenters. The lowest BCUT2D eigenvalue weighted by Gasteiger charge is -2.10. The maximum Gasteiger partial charge on any atom is 0.244 e. The Bertz CT molecular complexity index is 682. The number of aromatic nitrogens is 4. The number of hydrogen-bond donors (Lipinski definition) is 2. The summed E-state index contributed by atoms with van der Waals surface area (Å²) in [7, 11) is -1.95. The monoisotopic (exact) mass is 296 g/mol. The zero-order valence-electron chi connectivity index (χ0n) is 11.2. The van der Waals surface area contributed by atoms with E-state index >= 15 is 0 Å². The molecule has 0 fully saturated rings. The van der Waals surface area contributed by atoms with Gasteiger partial charge in [-0.05, 0) is 13.0 Å². The van der Waals surface area contributed by atoms with E-state index in [2.05, 4.69) is 25.1 Å². The van der Waals surface area contributed by atoms with Crippen molar-refractivity contribution in [2.45, 2.75) is 18.4 Å². The number of rotatable bonds is 6. The summed E-state index contributed by atoms with van der Waals surface area (Å²) in [4.78, 5) is 7.93. The Morgan fingerprint density at radius 2 is 2.20 bits per heavy atom. The molecule has 8 nitrogen and oxygen atoms in total. The van der Waals surface area contributed by atoms with E-state index in [-0.39, 0.29) is 11.4 Å². The molecule has 0 unspecified atom stereocenters. The second-order valence-corrected chi connectivity index (χ2v) is 5.80. The zero-order valence-corrected chi connectivity index (χ0v) is 12.1. The first-order valence-corrected chi connectivity index (χ1v) is 7.53. The summed E-state index contributed by atoms with van der Waals surface area (Å²) in [6.45, 7) is 2.54. The lowest BCUT2D eigenvalue weighted by atomic mass is 10.4. The first-order valence-electron chi connectivity index (χ1n) is 6.05. The molecular weight excluding hydrogens is 280 g/mol. The molecule has 0 saturated heterocycles. The minimum atomic E-state index is -3.67. The van der Waals surface area contributed by atoms with Gasteiger partial charge in [0, 0.05) is 26.0 Å². The standard InChI is InChI=1S/C11H16N6O2S/c1-3-13-9-4-5-12-6-10(9)20(18,19)15-7-11-14-8-17(2)16-11/h4-6,8,15H,3,7H2,1-2H3,(H,12,13).